The maximum absolute atomic E-state index is 12.2. The fourth-order valence-corrected chi connectivity index (χ4v) is 3.74. The van der Waals surface area contributed by atoms with Gasteiger partial charge in [-0.15, -0.1) is 0 Å². The lowest BCUT2D eigenvalue weighted by Crippen LogP contribution is -2.39. The molecule has 2 fully saturated rings. The van der Waals surface area contributed by atoms with E-state index >= 15 is 0 Å². The van der Waals surface area contributed by atoms with Crippen molar-refractivity contribution in [3.63, 3.8) is 0 Å². The number of carbonyl (C=O) groups excluding carboxylic acids is 1. The number of hydrogen-bond donors (Lipinski definition) is 0. The largest absolute Gasteiger partial charge is 0.305 e. The molecule has 3 aliphatic rings. The number of fused-ring (bicyclic) bond motifs is 2. The maximum Gasteiger partial charge on any atom is 0.269 e. The van der Waals surface area contributed by atoms with Crippen molar-refractivity contribution < 1.29 is 4.79 Å². The zero-order valence-electron chi connectivity index (χ0n) is 10.1. The van der Waals surface area contributed by atoms with Gasteiger partial charge < -0.3 is 4.90 Å². The second-order valence-electron chi connectivity index (χ2n) is 5.48. The van der Waals surface area contributed by atoms with Crippen LogP contribution in [0.5, 0.6) is 0 Å². The van der Waals surface area contributed by atoms with E-state index in [-0.39, 0.29) is 11.5 Å². The summed E-state index contributed by atoms with van der Waals surface area (Å²) >= 11 is 0. The minimum Gasteiger partial charge on any atom is -0.305 e. The number of nitriles is 1. The predicted octanol–water partition coefficient (Wildman–Crippen LogP) is 2.37. The molecule has 1 amide bonds. The summed E-state index contributed by atoms with van der Waals surface area (Å²) in [6.07, 6.45) is 4.89. The van der Waals surface area contributed by atoms with E-state index in [1.807, 2.05) is 13.0 Å². The Balaban J connectivity index is 1.90. The Kier molecular flexibility index (Phi) is 2.16. The number of rotatable bonds is 1. The average molecular weight is 228 g/mol. The zero-order chi connectivity index (χ0) is 12.2. The normalized spacial score (nSPS) is 36.0. The van der Waals surface area contributed by atoms with Gasteiger partial charge in [0.05, 0.1) is 0 Å². The molecule has 2 aliphatic carbocycles. The molecule has 0 spiro atoms. The summed E-state index contributed by atoms with van der Waals surface area (Å²) in [5, 5.41) is 9.02. The van der Waals surface area contributed by atoms with Crippen molar-refractivity contribution in [3.05, 3.63) is 23.4 Å². The molecule has 0 radical (unpaired) electrons. The van der Waals surface area contributed by atoms with Crippen molar-refractivity contribution in [1.82, 2.24) is 4.90 Å². The third-order valence-electron chi connectivity index (χ3n) is 4.68. The molecular formula is C14H16N2O. The molecule has 0 aromatic rings. The summed E-state index contributed by atoms with van der Waals surface area (Å²) in [7, 11) is 0. The number of carbonyl (C=O) groups is 1. The van der Waals surface area contributed by atoms with E-state index in [1.165, 1.54) is 19.3 Å². The molecular weight excluding hydrogens is 212 g/mol. The zero-order valence-corrected chi connectivity index (χ0v) is 10.1. The first-order valence-corrected chi connectivity index (χ1v) is 6.27. The number of nitrogens with zero attached hydrogens (tertiary/aromatic N) is 2. The molecule has 17 heavy (non-hydrogen) atoms. The molecule has 1 heterocycles. The van der Waals surface area contributed by atoms with Crippen LogP contribution in [0, 0.1) is 23.2 Å². The summed E-state index contributed by atoms with van der Waals surface area (Å²) in [4.78, 5) is 14.0. The number of allylic oxidation sites excluding steroid dienone is 1. The van der Waals surface area contributed by atoms with Crippen LogP contribution in [0.1, 0.15) is 32.6 Å². The first-order valence-electron chi connectivity index (χ1n) is 6.27. The van der Waals surface area contributed by atoms with Crippen LogP contribution in [0.3, 0.4) is 0 Å². The molecule has 1 aliphatic heterocycles. The summed E-state index contributed by atoms with van der Waals surface area (Å²) < 4.78 is 0. The van der Waals surface area contributed by atoms with Crippen molar-refractivity contribution >= 4 is 5.91 Å². The van der Waals surface area contributed by atoms with E-state index in [1.54, 1.807) is 4.90 Å². The second kappa shape index (κ2) is 3.46. The molecule has 2 bridgehead atoms. The van der Waals surface area contributed by atoms with E-state index in [0.29, 0.717) is 12.0 Å². The molecule has 2 saturated carbocycles. The average Bonchev–Trinajstić information content (AvgIpc) is 2.96. The predicted molar refractivity (Wildman–Crippen MR) is 63.5 cm³/mol. The van der Waals surface area contributed by atoms with Crippen molar-refractivity contribution in [2.24, 2.45) is 11.8 Å². The molecule has 0 saturated heterocycles. The van der Waals surface area contributed by atoms with Crippen LogP contribution >= 0.6 is 0 Å². The van der Waals surface area contributed by atoms with Gasteiger partial charge in [0.2, 0.25) is 0 Å². The lowest BCUT2D eigenvalue weighted by molar-refractivity contribution is -0.126. The SMILES string of the molecule is C=C1C(C)=C(C#N)C(=O)N1C1CC2CCC1C2. The minimum absolute atomic E-state index is 0.118. The molecule has 0 aromatic carbocycles. The topological polar surface area (TPSA) is 44.1 Å². The monoisotopic (exact) mass is 228 g/mol. The lowest BCUT2D eigenvalue weighted by atomic mass is 9.94. The van der Waals surface area contributed by atoms with Crippen LogP contribution in [0.4, 0.5) is 0 Å². The Labute approximate surface area is 101 Å². The fourth-order valence-electron chi connectivity index (χ4n) is 3.74. The van der Waals surface area contributed by atoms with Crippen LogP contribution in [-0.2, 0) is 4.79 Å². The van der Waals surface area contributed by atoms with Crippen molar-refractivity contribution in [2.45, 2.75) is 38.6 Å². The lowest BCUT2D eigenvalue weighted by Gasteiger charge is -2.32. The fraction of sp³-hybridized carbons (Fsp3) is 0.571. The van der Waals surface area contributed by atoms with Gasteiger partial charge >= 0.3 is 0 Å². The highest BCUT2D eigenvalue weighted by Gasteiger charge is 2.47. The van der Waals surface area contributed by atoms with Crippen LogP contribution < -0.4 is 0 Å². The number of hydrogen-bond acceptors (Lipinski definition) is 2. The smallest absolute Gasteiger partial charge is 0.269 e. The highest BCUT2D eigenvalue weighted by Crippen LogP contribution is 2.49. The Hall–Kier alpha value is -1.56. The van der Waals surface area contributed by atoms with Gasteiger partial charge in [-0.25, -0.2) is 0 Å². The molecule has 3 nitrogen and oxygen atoms in total. The standard InChI is InChI=1S/C14H16N2O/c1-8-9(2)16(14(17)12(8)7-15)13-6-10-3-4-11(13)5-10/h10-11,13H,2-6H2,1H3. The first-order chi connectivity index (χ1) is 8.13. The van der Waals surface area contributed by atoms with E-state index in [0.717, 1.165) is 23.6 Å². The maximum atomic E-state index is 12.2. The van der Waals surface area contributed by atoms with Gasteiger partial charge in [-0.3, -0.25) is 4.79 Å². The van der Waals surface area contributed by atoms with Crippen LogP contribution in [0.2, 0.25) is 0 Å². The van der Waals surface area contributed by atoms with Gasteiger partial charge in [-0.1, -0.05) is 13.0 Å². The Morgan fingerprint density at radius 2 is 2.18 bits per heavy atom. The third kappa shape index (κ3) is 1.30. The highest BCUT2D eigenvalue weighted by molar-refractivity contribution is 6.03. The summed E-state index contributed by atoms with van der Waals surface area (Å²) in [5.74, 6) is 1.30. The molecule has 3 rings (SSSR count). The molecule has 88 valence electrons. The Bertz CT molecular complexity index is 483. The quantitative estimate of drug-likeness (QED) is 0.691. The molecule has 0 N–H and O–H groups in total. The van der Waals surface area contributed by atoms with Crippen LogP contribution in [0.15, 0.2) is 23.4 Å². The molecule has 3 unspecified atom stereocenters. The highest BCUT2D eigenvalue weighted by atomic mass is 16.2. The third-order valence-corrected chi connectivity index (χ3v) is 4.68. The molecule has 0 aromatic heterocycles. The van der Waals surface area contributed by atoms with Gasteiger partial charge in [0.1, 0.15) is 11.6 Å². The van der Waals surface area contributed by atoms with Gasteiger partial charge in [-0.2, -0.15) is 5.26 Å². The van der Waals surface area contributed by atoms with E-state index in [2.05, 4.69) is 6.58 Å². The molecule has 3 atom stereocenters. The van der Waals surface area contributed by atoms with E-state index in [4.69, 9.17) is 5.26 Å². The first kappa shape index (κ1) is 10.6. The van der Waals surface area contributed by atoms with E-state index in [9.17, 15) is 4.79 Å². The van der Waals surface area contributed by atoms with Crippen molar-refractivity contribution in [1.29, 1.82) is 5.26 Å². The Morgan fingerprint density at radius 1 is 1.41 bits per heavy atom. The summed E-state index contributed by atoms with van der Waals surface area (Å²) in [6.45, 7) is 5.81. The minimum atomic E-state index is -0.118. The van der Waals surface area contributed by atoms with Gasteiger partial charge in [-0.05, 0) is 43.6 Å². The van der Waals surface area contributed by atoms with Crippen molar-refractivity contribution in [3.8, 4) is 6.07 Å². The Morgan fingerprint density at radius 3 is 2.65 bits per heavy atom. The van der Waals surface area contributed by atoms with Crippen molar-refractivity contribution in [2.75, 3.05) is 0 Å². The summed E-state index contributed by atoms with van der Waals surface area (Å²) in [5.41, 5.74) is 1.81. The number of amides is 1. The van der Waals surface area contributed by atoms with E-state index < -0.39 is 0 Å². The van der Waals surface area contributed by atoms with Gasteiger partial charge in [0.25, 0.3) is 5.91 Å². The van der Waals surface area contributed by atoms with Crippen LogP contribution in [-0.4, -0.2) is 16.8 Å². The molecule has 3 heteroatoms. The summed E-state index contributed by atoms with van der Waals surface area (Å²) in [6, 6.07) is 2.32. The second-order valence-corrected chi connectivity index (χ2v) is 5.48. The van der Waals surface area contributed by atoms with Gasteiger partial charge in [0.15, 0.2) is 0 Å². The van der Waals surface area contributed by atoms with Crippen LogP contribution in [0.25, 0.3) is 0 Å². The van der Waals surface area contributed by atoms with Gasteiger partial charge in [0, 0.05) is 11.7 Å².